The summed E-state index contributed by atoms with van der Waals surface area (Å²) in [5.41, 5.74) is 5.95. The van der Waals surface area contributed by atoms with E-state index in [0.717, 1.165) is 6.42 Å². The van der Waals surface area contributed by atoms with Crippen LogP contribution >= 0.6 is 0 Å². The van der Waals surface area contributed by atoms with E-state index in [1.54, 1.807) is 24.3 Å². The van der Waals surface area contributed by atoms with Crippen molar-refractivity contribution in [3.8, 4) is 23.8 Å². The van der Waals surface area contributed by atoms with Gasteiger partial charge in [0.1, 0.15) is 11.8 Å². The molecular formula is C13H13N5O2. The van der Waals surface area contributed by atoms with Gasteiger partial charge < -0.3 is 15.2 Å². The van der Waals surface area contributed by atoms with Gasteiger partial charge in [0.25, 0.3) is 0 Å². The average Bonchev–Trinajstić information content (AvgIpc) is 2.45. The summed E-state index contributed by atoms with van der Waals surface area (Å²) >= 11 is 0. The number of para-hydroxylation sites is 1. The topological polar surface area (TPSA) is 107 Å². The lowest BCUT2D eigenvalue weighted by Gasteiger charge is -2.07. The smallest absolute Gasteiger partial charge is 0.330 e. The van der Waals surface area contributed by atoms with E-state index in [1.165, 1.54) is 0 Å². The molecule has 0 saturated carbocycles. The highest BCUT2D eigenvalue weighted by atomic mass is 16.5. The van der Waals surface area contributed by atoms with Crippen LogP contribution in [0.15, 0.2) is 24.3 Å². The molecule has 0 radical (unpaired) electrons. The van der Waals surface area contributed by atoms with Crippen molar-refractivity contribution in [3.05, 3.63) is 29.8 Å². The van der Waals surface area contributed by atoms with Crippen LogP contribution in [0.25, 0.3) is 0 Å². The zero-order valence-corrected chi connectivity index (χ0v) is 10.9. The predicted octanol–water partition coefficient (Wildman–Crippen LogP) is 1.91. The van der Waals surface area contributed by atoms with Gasteiger partial charge >= 0.3 is 12.0 Å². The molecule has 0 aliphatic heterocycles. The van der Waals surface area contributed by atoms with Crippen LogP contribution in [0.2, 0.25) is 0 Å². The molecule has 0 atom stereocenters. The second kappa shape index (κ2) is 6.33. The van der Waals surface area contributed by atoms with Gasteiger partial charge in [0.15, 0.2) is 0 Å². The Hall–Kier alpha value is -2.88. The molecule has 2 N–H and O–H groups in total. The van der Waals surface area contributed by atoms with Crippen LogP contribution in [0.1, 0.15) is 18.9 Å². The van der Waals surface area contributed by atoms with Crippen LogP contribution in [0, 0.1) is 11.3 Å². The molecule has 0 aliphatic rings. The first-order chi connectivity index (χ1) is 9.72. The maximum Gasteiger partial charge on any atom is 0.330 e. The Morgan fingerprint density at radius 1 is 1.20 bits per heavy atom. The van der Waals surface area contributed by atoms with Gasteiger partial charge in [0.2, 0.25) is 5.95 Å². The number of aromatic nitrogens is 3. The summed E-state index contributed by atoms with van der Waals surface area (Å²) in [6, 6.07) is 8.87. The molecular weight excluding hydrogens is 258 g/mol. The number of nitrogens with zero attached hydrogens (tertiary/aromatic N) is 4. The van der Waals surface area contributed by atoms with Crippen molar-refractivity contribution in [1.29, 1.82) is 5.26 Å². The predicted molar refractivity (Wildman–Crippen MR) is 71.3 cm³/mol. The maximum absolute atomic E-state index is 8.99. The summed E-state index contributed by atoms with van der Waals surface area (Å²) in [7, 11) is 0. The zero-order chi connectivity index (χ0) is 14.4. The number of ether oxygens (including phenoxy) is 2. The van der Waals surface area contributed by atoms with E-state index in [9.17, 15) is 0 Å². The number of hydrogen-bond acceptors (Lipinski definition) is 7. The van der Waals surface area contributed by atoms with Crippen molar-refractivity contribution in [2.75, 3.05) is 12.3 Å². The van der Waals surface area contributed by atoms with Gasteiger partial charge in [-0.3, -0.25) is 0 Å². The molecule has 0 unspecified atom stereocenters. The summed E-state index contributed by atoms with van der Waals surface area (Å²) in [6.07, 6.45) is 0.818. The maximum atomic E-state index is 8.99. The Bertz CT molecular complexity index is 639. The largest absolute Gasteiger partial charge is 0.463 e. The van der Waals surface area contributed by atoms with E-state index < -0.39 is 0 Å². The molecule has 0 bridgehead atoms. The van der Waals surface area contributed by atoms with E-state index in [2.05, 4.69) is 15.0 Å². The Morgan fingerprint density at radius 2 is 1.95 bits per heavy atom. The monoisotopic (exact) mass is 271 g/mol. The molecule has 0 spiro atoms. The van der Waals surface area contributed by atoms with Crippen LogP contribution in [-0.2, 0) is 0 Å². The Balaban J connectivity index is 2.25. The molecule has 0 fully saturated rings. The summed E-state index contributed by atoms with van der Waals surface area (Å²) in [5, 5.41) is 8.99. The minimum atomic E-state index is -0.00805. The lowest BCUT2D eigenvalue weighted by molar-refractivity contribution is 0.285. The van der Waals surface area contributed by atoms with E-state index in [0.29, 0.717) is 17.9 Å². The van der Waals surface area contributed by atoms with Gasteiger partial charge in [0.05, 0.1) is 12.2 Å². The van der Waals surface area contributed by atoms with Gasteiger partial charge in [-0.15, -0.1) is 4.98 Å². The SMILES string of the molecule is CCCOc1nc(N)nc(Oc2ccccc2C#N)n1. The van der Waals surface area contributed by atoms with Gasteiger partial charge in [0, 0.05) is 0 Å². The number of benzene rings is 1. The zero-order valence-electron chi connectivity index (χ0n) is 10.9. The fourth-order valence-electron chi connectivity index (χ4n) is 1.40. The molecule has 102 valence electrons. The normalized spacial score (nSPS) is 9.80. The molecule has 2 aromatic rings. The van der Waals surface area contributed by atoms with Crippen molar-refractivity contribution < 1.29 is 9.47 Å². The number of anilines is 1. The number of nitrogen functional groups attached to an aromatic ring is 1. The highest BCUT2D eigenvalue weighted by Crippen LogP contribution is 2.23. The third-order valence-corrected chi connectivity index (χ3v) is 2.26. The van der Waals surface area contributed by atoms with Crippen LogP contribution in [-0.4, -0.2) is 21.6 Å². The fraction of sp³-hybridized carbons (Fsp3) is 0.231. The molecule has 0 aliphatic carbocycles. The van der Waals surface area contributed by atoms with E-state index in [-0.39, 0.29) is 18.0 Å². The number of rotatable bonds is 5. The molecule has 1 aromatic heterocycles. The first kappa shape index (κ1) is 13.5. The third-order valence-electron chi connectivity index (χ3n) is 2.26. The minimum absolute atomic E-state index is 0.00413. The number of nitriles is 1. The highest BCUT2D eigenvalue weighted by molar-refractivity contribution is 5.43. The molecule has 0 saturated heterocycles. The molecule has 1 heterocycles. The summed E-state index contributed by atoms with van der Waals surface area (Å²) in [4.78, 5) is 11.7. The third kappa shape index (κ3) is 3.32. The van der Waals surface area contributed by atoms with Crippen LogP contribution in [0.4, 0.5) is 5.95 Å². The van der Waals surface area contributed by atoms with Crippen molar-refractivity contribution in [2.45, 2.75) is 13.3 Å². The first-order valence-corrected chi connectivity index (χ1v) is 6.04. The molecule has 7 nitrogen and oxygen atoms in total. The fourth-order valence-corrected chi connectivity index (χ4v) is 1.40. The second-order valence-corrected chi connectivity index (χ2v) is 3.82. The number of hydrogen-bond donors (Lipinski definition) is 1. The van der Waals surface area contributed by atoms with Crippen LogP contribution in [0.3, 0.4) is 0 Å². The first-order valence-electron chi connectivity index (χ1n) is 6.04. The quantitative estimate of drug-likeness (QED) is 0.884. The van der Waals surface area contributed by atoms with Crippen molar-refractivity contribution in [3.63, 3.8) is 0 Å². The molecule has 20 heavy (non-hydrogen) atoms. The Labute approximate surface area is 116 Å². The van der Waals surface area contributed by atoms with Gasteiger partial charge in [-0.25, -0.2) is 0 Å². The molecule has 7 heteroatoms. The van der Waals surface area contributed by atoms with Crippen LogP contribution in [0.5, 0.6) is 17.8 Å². The van der Waals surface area contributed by atoms with Crippen LogP contribution < -0.4 is 15.2 Å². The molecule has 2 rings (SSSR count). The summed E-state index contributed by atoms with van der Waals surface area (Å²) < 4.78 is 10.7. The lowest BCUT2D eigenvalue weighted by atomic mass is 10.2. The van der Waals surface area contributed by atoms with Gasteiger partial charge in [-0.1, -0.05) is 19.1 Å². The van der Waals surface area contributed by atoms with E-state index in [4.69, 9.17) is 20.5 Å². The van der Waals surface area contributed by atoms with E-state index in [1.807, 2.05) is 13.0 Å². The minimum Gasteiger partial charge on any atom is -0.463 e. The summed E-state index contributed by atoms with van der Waals surface area (Å²) in [5.74, 6) is 0.345. The van der Waals surface area contributed by atoms with Crippen molar-refractivity contribution in [2.24, 2.45) is 0 Å². The molecule has 1 aromatic carbocycles. The van der Waals surface area contributed by atoms with Gasteiger partial charge in [-0.05, 0) is 18.6 Å². The second-order valence-electron chi connectivity index (χ2n) is 3.82. The van der Waals surface area contributed by atoms with Crippen molar-refractivity contribution in [1.82, 2.24) is 15.0 Å². The number of nitrogens with two attached hydrogens (primary N) is 1. The molecule has 0 amide bonds. The summed E-state index contributed by atoms with van der Waals surface area (Å²) in [6.45, 7) is 2.43. The Kier molecular flexibility index (Phi) is 4.29. The highest BCUT2D eigenvalue weighted by Gasteiger charge is 2.10. The average molecular weight is 271 g/mol. The standard InChI is InChI=1S/C13H13N5O2/c1-2-7-19-12-16-11(15)17-13(18-12)20-10-6-4-3-5-9(10)8-14/h3-6H,2,7H2,1H3,(H2,15,16,17,18). The Morgan fingerprint density at radius 3 is 2.70 bits per heavy atom. The van der Waals surface area contributed by atoms with Crippen molar-refractivity contribution >= 4 is 5.95 Å². The lowest BCUT2D eigenvalue weighted by Crippen LogP contribution is -2.06. The van der Waals surface area contributed by atoms with E-state index >= 15 is 0 Å². The van der Waals surface area contributed by atoms with Gasteiger partial charge in [-0.2, -0.15) is 15.2 Å².